The van der Waals surface area contributed by atoms with Gasteiger partial charge in [-0.1, -0.05) is 23.7 Å². The summed E-state index contributed by atoms with van der Waals surface area (Å²) in [6, 6.07) is 9.98. The average molecular weight is 467 g/mol. The molecule has 0 aliphatic carbocycles. The SMILES string of the molecule is O=c1[nH]c2cc(N=Cc3c(O)n(-c4ccccc4Cl)c(=O)[nH]c3=O)c(N3CCCC3)cc2[nH]1. The van der Waals surface area contributed by atoms with Crippen LogP contribution in [0.2, 0.25) is 5.02 Å². The molecule has 0 radical (unpaired) electrons. The quantitative estimate of drug-likeness (QED) is 0.342. The van der Waals surface area contributed by atoms with Crippen LogP contribution in [0.3, 0.4) is 0 Å². The summed E-state index contributed by atoms with van der Waals surface area (Å²) in [6.45, 7) is 1.68. The second kappa shape index (κ2) is 8.14. The fraction of sp³-hybridized carbons (Fsp3) is 0.182. The van der Waals surface area contributed by atoms with Gasteiger partial charge >= 0.3 is 11.4 Å². The monoisotopic (exact) mass is 466 g/mol. The molecular weight excluding hydrogens is 448 g/mol. The number of imidazole rings is 1. The summed E-state index contributed by atoms with van der Waals surface area (Å²) in [6.07, 6.45) is 3.27. The van der Waals surface area contributed by atoms with Gasteiger partial charge in [0.05, 0.1) is 33.1 Å². The van der Waals surface area contributed by atoms with E-state index in [-0.39, 0.29) is 22.0 Å². The highest BCUT2D eigenvalue weighted by Gasteiger charge is 2.19. The highest BCUT2D eigenvalue weighted by molar-refractivity contribution is 6.32. The molecule has 0 bridgehead atoms. The van der Waals surface area contributed by atoms with Crippen LogP contribution in [0.15, 0.2) is 55.8 Å². The van der Waals surface area contributed by atoms with E-state index in [2.05, 4.69) is 24.8 Å². The lowest BCUT2D eigenvalue weighted by Gasteiger charge is -2.19. The van der Waals surface area contributed by atoms with Crippen molar-refractivity contribution in [3.8, 4) is 11.6 Å². The van der Waals surface area contributed by atoms with E-state index in [1.54, 1.807) is 30.3 Å². The zero-order valence-electron chi connectivity index (χ0n) is 17.3. The minimum absolute atomic E-state index is 0.204. The molecule has 0 unspecified atom stereocenters. The third kappa shape index (κ3) is 3.74. The van der Waals surface area contributed by atoms with Crippen LogP contribution in [0, 0.1) is 0 Å². The number of aromatic hydroxyl groups is 1. The first-order valence-corrected chi connectivity index (χ1v) is 10.7. The van der Waals surface area contributed by atoms with E-state index < -0.39 is 17.1 Å². The van der Waals surface area contributed by atoms with Crippen molar-refractivity contribution in [2.75, 3.05) is 18.0 Å². The number of rotatable bonds is 4. The zero-order chi connectivity index (χ0) is 23.1. The molecule has 0 amide bonds. The largest absolute Gasteiger partial charge is 0.493 e. The Balaban J connectivity index is 1.65. The lowest BCUT2D eigenvalue weighted by atomic mass is 10.2. The first-order valence-electron chi connectivity index (χ1n) is 10.3. The van der Waals surface area contributed by atoms with Gasteiger partial charge in [0.2, 0.25) is 5.88 Å². The second-order valence-corrected chi connectivity index (χ2v) is 8.11. The van der Waals surface area contributed by atoms with E-state index >= 15 is 0 Å². The first kappa shape index (κ1) is 20.8. The van der Waals surface area contributed by atoms with Crippen LogP contribution in [-0.4, -0.2) is 43.9 Å². The van der Waals surface area contributed by atoms with Crippen molar-refractivity contribution in [2.45, 2.75) is 12.8 Å². The highest BCUT2D eigenvalue weighted by Crippen LogP contribution is 2.34. The molecule has 5 rings (SSSR count). The molecule has 4 N–H and O–H groups in total. The van der Waals surface area contributed by atoms with Crippen LogP contribution in [0.1, 0.15) is 18.4 Å². The number of para-hydroxylation sites is 1. The van der Waals surface area contributed by atoms with Crippen molar-refractivity contribution in [3.63, 3.8) is 0 Å². The predicted octanol–water partition coefficient (Wildman–Crippen LogP) is 2.41. The van der Waals surface area contributed by atoms with Gasteiger partial charge in [-0.3, -0.25) is 14.8 Å². The molecule has 2 aromatic heterocycles. The summed E-state index contributed by atoms with van der Waals surface area (Å²) in [4.78, 5) is 50.9. The Morgan fingerprint density at radius 1 is 0.970 bits per heavy atom. The number of aromatic amines is 3. The maximum absolute atomic E-state index is 12.5. The molecule has 1 saturated heterocycles. The summed E-state index contributed by atoms with van der Waals surface area (Å²) in [5, 5.41) is 11.0. The minimum Gasteiger partial charge on any atom is -0.493 e. The number of anilines is 1. The van der Waals surface area contributed by atoms with Crippen LogP contribution in [0.4, 0.5) is 11.4 Å². The number of nitrogens with one attached hydrogen (secondary N) is 3. The van der Waals surface area contributed by atoms with E-state index in [4.69, 9.17) is 11.6 Å². The maximum atomic E-state index is 12.5. The van der Waals surface area contributed by atoms with Gasteiger partial charge in [0.1, 0.15) is 5.56 Å². The van der Waals surface area contributed by atoms with E-state index in [1.165, 1.54) is 6.21 Å². The Morgan fingerprint density at radius 3 is 2.39 bits per heavy atom. The molecule has 0 atom stereocenters. The summed E-state index contributed by atoms with van der Waals surface area (Å²) in [5.74, 6) is -0.584. The Labute approximate surface area is 190 Å². The molecule has 11 heteroatoms. The van der Waals surface area contributed by atoms with Crippen molar-refractivity contribution in [1.82, 2.24) is 19.5 Å². The van der Waals surface area contributed by atoms with Gasteiger partial charge in [-0.25, -0.2) is 14.2 Å². The number of H-pyrrole nitrogens is 3. The van der Waals surface area contributed by atoms with Gasteiger partial charge in [-0.15, -0.1) is 0 Å². The maximum Gasteiger partial charge on any atom is 0.335 e. The van der Waals surface area contributed by atoms with E-state index in [0.29, 0.717) is 16.7 Å². The number of halogens is 1. The smallest absolute Gasteiger partial charge is 0.335 e. The normalized spacial score (nSPS) is 14.0. The van der Waals surface area contributed by atoms with Crippen LogP contribution in [-0.2, 0) is 0 Å². The number of fused-ring (bicyclic) bond motifs is 1. The molecule has 168 valence electrons. The summed E-state index contributed by atoms with van der Waals surface area (Å²) >= 11 is 6.18. The highest BCUT2D eigenvalue weighted by atomic mass is 35.5. The lowest BCUT2D eigenvalue weighted by Crippen LogP contribution is -2.31. The molecule has 0 saturated carbocycles. The van der Waals surface area contributed by atoms with Crippen LogP contribution >= 0.6 is 11.6 Å². The molecule has 2 aromatic carbocycles. The number of hydrogen-bond acceptors (Lipinski definition) is 6. The lowest BCUT2D eigenvalue weighted by molar-refractivity contribution is 0.430. The summed E-state index contributed by atoms with van der Waals surface area (Å²) in [7, 11) is 0. The Bertz CT molecular complexity index is 1570. The molecule has 0 spiro atoms. The number of hydrogen-bond donors (Lipinski definition) is 4. The topological polar surface area (TPSA) is 139 Å². The Morgan fingerprint density at radius 2 is 1.67 bits per heavy atom. The molecule has 3 heterocycles. The fourth-order valence-electron chi connectivity index (χ4n) is 4.02. The molecule has 1 aliphatic rings. The number of nitrogens with zero attached hydrogens (tertiary/aromatic N) is 3. The predicted molar refractivity (Wildman–Crippen MR) is 127 cm³/mol. The van der Waals surface area contributed by atoms with Gasteiger partial charge < -0.3 is 20.0 Å². The van der Waals surface area contributed by atoms with Crippen molar-refractivity contribution < 1.29 is 5.11 Å². The number of aliphatic imine (C=N–C) groups is 1. The standard InChI is InChI=1S/C22H19ClN6O4/c23-13-5-1-2-6-17(13)29-20(31)12(19(30)27-22(29)33)11-24-16-9-14-15(26-21(32)25-14)10-18(16)28-7-3-4-8-28/h1-2,5-6,9-11,31H,3-4,7-8H2,(H2,25,26,32)(H,27,30,33). The van der Waals surface area contributed by atoms with Gasteiger partial charge in [-0.05, 0) is 37.1 Å². The van der Waals surface area contributed by atoms with Crippen molar-refractivity contribution >= 4 is 40.2 Å². The van der Waals surface area contributed by atoms with Gasteiger partial charge in [0.25, 0.3) is 5.56 Å². The third-order valence-electron chi connectivity index (χ3n) is 5.60. The Kier molecular flexibility index (Phi) is 5.14. The summed E-state index contributed by atoms with van der Waals surface area (Å²) < 4.78 is 0.916. The van der Waals surface area contributed by atoms with E-state index in [1.807, 2.05) is 6.07 Å². The molecule has 10 nitrogen and oxygen atoms in total. The van der Waals surface area contributed by atoms with E-state index in [9.17, 15) is 19.5 Å². The Hall–Kier alpha value is -4.05. The second-order valence-electron chi connectivity index (χ2n) is 7.70. The van der Waals surface area contributed by atoms with Crippen LogP contribution in [0.25, 0.3) is 16.7 Å². The number of aromatic nitrogens is 4. The average Bonchev–Trinajstić information content (AvgIpc) is 3.42. The van der Waals surface area contributed by atoms with E-state index in [0.717, 1.165) is 36.2 Å². The van der Waals surface area contributed by atoms with Crippen molar-refractivity contribution in [3.05, 3.63) is 78.3 Å². The zero-order valence-corrected chi connectivity index (χ0v) is 18.0. The van der Waals surface area contributed by atoms with Crippen molar-refractivity contribution in [1.29, 1.82) is 0 Å². The first-order chi connectivity index (χ1) is 15.9. The van der Waals surface area contributed by atoms with Crippen molar-refractivity contribution in [2.24, 2.45) is 4.99 Å². The molecule has 33 heavy (non-hydrogen) atoms. The van der Waals surface area contributed by atoms with Crippen LogP contribution in [0.5, 0.6) is 5.88 Å². The third-order valence-corrected chi connectivity index (χ3v) is 5.92. The molecule has 1 fully saturated rings. The number of benzene rings is 2. The molecule has 1 aliphatic heterocycles. The summed E-state index contributed by atoms with van der Waals surface area (Å²) in [5.41, 5.74) is 0.578. The molecule has 4 aromatic rings. The van der Waals surface area contributed by atoms with Gasteiger partial charge in [0.15, 0.2) is 0 Å². The fourth-order valence-corrected chi connectivity index (χ4v) is 4.24. The van der Waals surface area contributed by atoms with Gasteiger partial charge in [0, 0.05) is 19.3 Å². The van der Waals surface area contributed by atoms with Crippen LogP contribution < -0.4 is 21.8 Å². The molecular formula is C22H19ClN6O4. The minimum atomic E-state index is -0.827. The van der Waals surface area contributed by atoms with Gasteiger partial charge in [-0.2, -0.15) is 0 Å².